The molecule has 0 aliphatic carbocycles. The fourth-order valence-corrected chi connectivity index (χ4v) is 1.79. The first kappa shape index (κ1) is 13.8. The van der Waals surface area contributed by atoms with Crippen molar-refractivity contribution in [1.82, 2.24) is 10.4 Å². The summed E-state index contributed by atoms with van der Waals surface area (Å²) in [5, 5.41) is 2.99. The zero-order valence-electron chi connectivity index (χ0n) is 11.0. The number of nitrogens with one attached hydrogen (secondary N) is 2. The van der Waals surface area contributed by atoms with Crippen LogP contribution in [0.1, 0.15) is 11.1 Å². The number of aromatic nitrogens is 1. The van der Waals surface area contributed by atoms with E-state index in [2.05, 4.69) is 15.7 Å². The Bertz CT molecular complexity index is 639. The highest BCUT2D eigenvalue weighted by Crippen LogP contribution is 2.25. The van der Waals surface area contributed by atoms with Crippen molar-refractivity contribution in [2.75, 3.05) is 5.32 Å². The van der Waals surface area contributed by atoms with E-state index in [1.165, 1.54) is 12.3 Å². The molecule has 0 saturated carbocycles. The molecule has 5 nitrogen and oxygen atoms in total. The van der Waals surface area contributed by atoms with Crippen molar-refractivity contribution in [1.29, 1.82) is 0 Å². The van der Waals surface area contributed by atoms with Crippen LogP contribution in [0.3, 0.4) is 0 Å². The third-order valence-corrected chi connectivity index (χ3v) is 2.76. The van der Waals surface area contributed by atoms with Gasteiger partial charge in [0.15, 0.2) is 0 Å². The van der Waals surface area contributed by atoms with Crippen LogP contribution in [-0.2, 0) is 0 Å². The van der Waals surface area contributed by atoms with Gasteiger partial charge in [-0.05, 0) is 30.7 Å². The summed E-state index contributed by atoms with van der Waals surface area (Å²) in [7, 11) is 0. The molecular weight excluding hydrogens is 257 g/mol. The molecule has 0 aliphatic heterocycles. The maximum Gasteiger partial charge on any atom is 0.146 e. The number of hydrazine groups is 1. The summed E-state index contributed by atoms with van der Waals surface area (Å²) in [5.41, 5.74) is 11.3. The van der Waals surface area contributed by atoms with E-state index in [9.17, 15) is 4.39 Å². The summed E-state index contributed by atoms with van der Waals surface area (Å²) in [6.45, 7) is 1.89. The molecule has 2 aromatic rings. The fraction of sp³-hybridized carbons (Fsp3) is 0.0714. The second-order valence-corrected chi connectivity index (χ2v) is 4.30. The molecule has 2 rings (SSSR count). The van der Waals surface area contributed by atoms with Gasteiger partial charge in [0, 0.05) is 18.0 Å². The number of hydrogen-bond donors (Lipinski definition) is 4. The van der Waals surface area contributed by atoms with Crippen molar-refractivity contribution in [3.8, 4) is 0 Å². The molecular formula is C14H16FN5. The van der Waals surface area contributed by atoms with Gasteiger partial charge >= 0.3 is 0 Å². The van der Waals surface area contributed by atoms with Crippen molar-refractivity contribution >= 4 is 17.1 Å². The molecule has 0 bridgehead atoms. The highest BCUT2D eigenvalue weighted by Gasteiger charge is 2.08. The lowest BCUT2D eigenvalue weighted by molar-refractivity contribution is 0.631. The highest BCUT2D eigenvalue weighted by molar-refractivity contribution is 5.77. The monoisotopic (exact) mass is 273 g/mol. The number of aryl methyl sites for hydroxylation is 1. The third-order valence-electron chi connectivity index (χ3n) is 2.76. The van der Waals surface area contributed by atoms with Crippen LogP contribution in [0.4, 0.5) is 15.8 Å². The first-order chi connectivity index (χ1) is 9.61. The minimum atomic E-state index is -0.343. The Morgan fingerprint density at radius 2 is 2.10 bits per heavy atom. The van der Waals surface area contributed by atoms with E-state index in [0.29, 0.717) is 22.6 Å². The van der Waals surface area contributed by atoms with Crippen molar-refractivity contribution in [3.63, 3.8) is 0 Å². The number of nitrogens with two attached hydrogens (primary N) is 2. The molecule has 0 amide bonds. The number of benzene rings is 1. The molecule has 1 aromatic carbocycles. The van der Waals surface area contributed by atoms with E-state index >= 15 is 0 Å². The van der Waals surface area contributed by atoms with Gasteiger partial charge in [-0.1, -0.05) is 6.07 Å². The minimum Gasteiger partial charge on any atom is -0.397 e. The standard InChI is InChI=1S/C14H16FN5/c1-9-2-3-11(15)13(6-9)20-14-8-18-5-4-10(14)12(16)7-19-17/h2-8,19-20H,16-17H2,1H3/b12-7-. The van der Waals surface area contributed by atoms with Gasteiger partial charge in [0.05, 0.1) is 23.3 Å². The molecule has 0 fully saturated rings. The molecule has 6 heteroatoms. The van der Waals surface area contributed by atoms with Crippen LogP contribution in [0.2, 0.25) is 0 Å². The van der Waals surface area contributed by atoms with Crippen LogP contribution < -0.4 is 22.3 Å². The Labute approximate surface area is 116 Å². The summed E-state index contributed by atoms with van der Waals surface area (Å²) in [4.78, 5) is 4.02. The van der Waals surface area contributed by atoms with Gasteiger partial charge in [0.25, 0.3) is 0 Å². The highest BCUT2D eigenvalue weighted by atomic mass is 19.1. The Hall–Kier alpha value is -2.60. The predicted octanol–water partition coefficient (Wildman–Crippen LogP) is 1.99. The molecule has 0 atom stereocenters. The second-order valence-electron chi connectivity index (χ2n) is 4.30. The Kier molecular flexibility index (Phi) is 4.17. The van der Waals surface area contributed by atoms with E-state index in [4.69, 9.17) is 11.6 Å². The molecule has 0 unspecified atom stereocenters. The van der Waals surface area contributed by atoms with Crippen LogP contribution in [0.15, 0.2) is 42.9 Å². The van der Waals surface area contributed by atoms with Gasteiger partial charge in [-0.15, -0.1) is 0 Å². The third kappa shape index (κ3) is 3.04. The molecule has 1 heterocycles. The van der Waals surface area contributed by atoms with Crippen LogP contribution in [-0.4, -0.2) is 4.98 Å². The zero-order valence-corrected chi connectivity index (χ0v) is 11.0. The van der Waals surface area contributed by atoms with Gasteiger partial charge in [0.2, 0.25) is 0 Å². The lowest BCUT2D eigenvalue weighted by atomic mass is 10.1. The SMILES string of the molecule is Cc1ccc(F)c(Nc2cnccc2/C(N)=C/NN)c1. The van der Waals surface area contributed by atoms with Crippen molar-refractivity contribution in [3.05, 3.63) is 59.8 Å². The second kappa shape index (κ2) is 6.03. The van der Waals surface area contributed by atoms with Gasteiger partial charge in [-0.3, -0.25) is 10.8 Å². The largest absolute Gasteiger partial charge is 0.397 e. The van der Waals surface area contributed by atoms with Crippen LogP contribution in [0.25, 0.3) is 5.70 Å². The van der Waals surface area contributed by atoms with E-state index in [-0.39, 0.29) is 5.82 Å². The molecule has 0 saturated heterocycles. The lowest BCUT2D eigenvalue weighted by Crippen LogP contribution is -2.16. The summed E-state index contributed by atoms with van der Waals surface area (Å²) >= 11 is 0. The topological polar surface area (TPSA) is 89.0 Å². The smallest absolute Gasteiger partial charge is 0.146 e. The van der Waals surface area contributed by atoms with Crippen molar-refractivity contribution in [2.24, 2.45) is 11.6 Å². The normalized spacial score (nSPS) is 11.2. The first-order valence-electron chi connectivity index (χ1n) is 6.01. The van der Waals surface area contributed by atoms with Gasteiger partial charge in [-0.2, -0.15) is 0 Å². The molecule has 20 heavy (non-hydrogen) atoms. The average Bonchev–Trinajstić information content (AvgIpc) is 2.44. The molecule has 1 aromatic heterocycles. The number of pyridine rings is 1. The lowest BCUT2D eigenvalue weighted by Gasteiger charge is -2.13. The van der Waals surface area contributed by atoms with Gasteiger partial charge < -0.3 is 16.5 Å². The summed E-state index contributed by atoms with van der Waals surface area (Å²) in [5.74, 6) is 4.87. The first-order valence-corrected chi connectivity index (χ1v) is 6.01. The number of rotatable bonds is 4. The Morgan fingerprint density at radius 3 is 2.85 bits per heavy atom. The number of nitrogens with zero attached hydrogens (tertiary/aromatic N) is 1. The molecule has 0 spiro atoms. The Morgan fingerprint density at radius 1 is 1.30 bits per heavy atom. The van der Waals surface area contributed by atoms with E-state index < -0.39 is 0 Å². The maximum absolute atomic E-state index is 13.8. The van der Waals surface area contributed by atoms with Gasteiger partial charge in [-0.25, -0.2) is 4.39 Å². The number of anilines is 2. The Balaban J connectivity index is 2.39. The molecule has 104 valence electrons. The van der Waals surface area contributed by atoms with Gasteiger partial charge in [0.1, 0.15) is 5.82 Å². The summed E-state index contributed by atoms with van der Waals surface area (Å²) in [6, 6.07) is 6.55. The van der Waals surface area contributed by atoms with E-state index in [0.717, 1.165) is 5.56 Å². The zero-order chi connectivity index (χ0) is 14.5. The quantitative estimate of drug-likeness (QED) is 0.505. The average molecular weight is 273 g/mol. The molecule has 0 aliphatic rings. The minimum absolute atomic E-state index is 0.343. The van der Waals surface area contributed by atoms with E-state index in [1.54, 1.807) is 30.6 Å². The summed E-state index contributed by atoms with van der Waals surface area (Å²) < 4.78 is 13.8. The van der Waals surface area contributed by atoms with Crippen LogP contribution in [0, 0.1) is 12.7 Å². The van der Waals surface area contributed by atoms with E-state index in [1.807, 2.05) is 6.92 Å². The number of hydrogen-bond acceptors (Lipinski definition) is 5. The van der Waals surface area contributed by atoms with Crippen molar-refractivity contribution in [2.45, 2.75) is 6.92 Å². The van der Waals surface area contributed by atoms with Crippen molar-refractivity contribution < 1.29 is 4.39 Å². The maximum atomic E-state index is 13.8. The fourth-order valence-electron chi connectivity index (χ4n) is 1.79. The van der Waals surface area contributed by atoms with Crippen LogP contribution >= 0.6 is 0 Å². The van der Waals surface area contributed by atoms with Crippen LogP contribution in [0.5, 0.6) is 0 Å². The summed E-state index contributed by atoms with van der Waals surface area (Å²) in [6.07, 6.45) is 4.63. The number of halogens is 1. The predicted molar refractivity (Wildman–Crippen MR) is 78.1 cm³/mol. The molecule has 6 N–H and O–H groups in total. The molecule has 0 radical (unpaired) electrons.